The minimum atomic E-state index is -1.72. The van der Waals surface area contributed by atoms with Gasteiger partial charge >= 0.3 is 5.97 Å². The van der Waals surface area contributed by atoms with Gasteiger partial charge < -0.3 is 9.84 Å². The molecule has 1 N–H and O–H groups in total. The van der Waals surface area contributed by atoms with Crippen LogP contribution in [0, 0.1) is 0 Å². The van der Waals surface area contributed by atoms with E-state index in [0.717, 1.165) is 5.56 Å². The number of rotatable bonds is 2. The van der Waals surface area contributed by atoms with Gasteiger partial charge in [-0.3, -0.25) is 0 Å². The topological polar surface area (TPSA) is 46.5 Å². The van der Waals surface area contributed by atoms with Crippen molar-refractivity contribution in [2.24, 2.45) is 0 Å². The van der Waals surface area contributed by atoms with Gasteiger partial charge in [0.15, 0.2) is 0 Å². The Hall–Kier alpha value is -2.39. The lowest BCUT2D eigenvalue weighted by atomic mass is 9.90. The smallest absolute Gasteiger partial charge is 0.337 e. The van der Waals surface area contributed by atoms with Crippen LogP contribution in [-0.2, 0) is 15.3 Å². The predicted molar refractivity (Wildman–Crippen MR) is 75.5 cm³/mol. The summed E-state index contributed by atoms with van der Waals surface area (Å²) in [7, 11) is 0. The van der Waals surface area contributed by atoms with Gasteiger partial charge in [0.05, 0.1) is 0 Å². The standard InChI is InChI=1S/C17H14O3/c1-12-15(13-8-4-2-5-9-13)17(19,20-16(12)18)14-10-6-3-7-11-14/h2-11,19H,1H3. The van der Waals surface area contributed by atoms with E-state index in [2.05, 4.69) is 0 Å². The Bertz CT molecular complexity index is 674. The van der Waals surface area contributed by atoms with Crippen LogP contribution in [0.5, 0.6) is 0 Å². The quantitative estimate of drug-likeness (QED) is 0.850. The third kappa shape index (κ3) is 1.84. The number of aliphatic hydroxyl groups is 1. The van der Waals surface area contributed by atoms with Gasteiger partial charge in [-0.25, -0.2) is 4.79 Å². The zero-order chi connectivity index (χ0) is 14.2. The van der Waals surface area contributed by atoms with Crippen LogP contribution in [0.2, 0.25) is 0 Å². The number of hydrogen-bond acceptors (Lipinski definition) is 3. The Balaban J connectivity index is 2.20. The average molecular weight is 266 g/mol. The van der Waals surface area contributed by atoms with E-state index in [1.165, 1.54) is 0 Å². The molecule has 0 spiro atoms. The molecule has 3 nitrogen and oxygen atoms in total. The van der Waals surface area contributed by atoms with Gasteiger partial charge in [-0.1, -0.05) is 60.7 Å². The number of esters is 1. The van der Waals surface area contributed by atoms with Crippen LogP contribution >= 0.6 is 0 Å². The van der Waals surface area contributed by atoms with Gasteiger partial charge in [-0.2, -0.15) is 0 Å². The van der Waals surface area contributed by atoms with E-state index in [0.29, 0.717) is 16.7 Å². The van der Waals surface area contributed by atoms with E-state index < -0.39 is 11.8 Å². The summed E-state index contributed by atoms with van der Waals surface area (Å²) in [5.74, 6) is -2.21. The summed E-state index contributed by atoms with van der Waals surface area (Å²) in [6.45, 7) is 1.67. The Morgan fingerprint density at radius 1 is 0.950 bits per heavy atom. The molecule has 0 radical (unpaired) electrons. The minimum Gasteiger partial charge on any atom is -0.421 e. The summed E-state index contributed by atoms with van der Waals surface area (Å²) in [5.41, 5.74) is 2.27. The summed E-state index contributed by atoms with van der Waals surface area (Å²) >= 11 is 0. The van der Waals surface area contributed by atoms with Gasteiger partial charge in [-0.05, 0) is 12.5 Å². The van der Waals surface area contributed by atoms with Gasteiger partial charge in [0.2, 0.25) is 0 Å². The highest BCUT2D eigenvalue weighted by molar-refractivity contribution is 6.03. The van der Waals surface area contributed by atoms with E-state index in [9.17, 15) is 9.90 Å². The Morgan fingerprint density at radius 3 is 2.10 bits per heavy atom. The average Bonchev–Trinajstić information content (AvgIpc) is 2.72. The van der Waals surface area contributed by atoms with Gasteiger partial charge in [0.25, 0.3) is 5.79 Å². The minimum absolute atomic E-state index is 0.433. The van der Waals surface area contributed by atoms with Crippen molar-refractivity contribution in [3.63, 3.8) is 0 Å². The van der Waals surface area contributed by atoms with Gasteiger partial charge in [-0.15, -0.1) is 0 Å². The maximum Gasteiger partial charge on any atom is 0.337 e. The molecule has 3 heteroatoms. The van der Waals surface area contributed by atoms with Crippen LogP contribution in [0.4, 0.5) is 0 Å². The highest BCUT2D eigenvalue weighted by Crippen LogP contribution is 2.44. The molecule has 1 aliphatic heterocycles. The first-order chi connectivity index (χ1) is 9.63. The summed E-state index contributed by atoms with van der Waals surface area (Å²) in [5, 5.41) is 10.9. The fourth-order valence-corrected chi connectivity index (χ4v) is 2.50. The van der Waals surface area contributed by atoms with Gasteiger partial charge in [0, 0.05) is 16.7 Å². The molecule has 0 fully saturated rings. The Labute approximate surface area is 117 Å². The molecule has 0 aliphatic carbocycles. The number of benzene rings is 2. The molecule has 0 saturated carbocycles. The molecule has 1 unspecified atom stereocenters. The highest BCUT2D eigenvalue weighted by atomic mass is 16.7. The van der Waals surface area contributed by atoms with E-state index in [1.54, 1.807) is 31.2 Å². The fourth-order valence-electron chi connectivity index (χ4n) is 2.50. The predicted octanol–water partition coefficient (Wildman–Crippen LogP) is 2.86. The van der Waals surface area contributed by atoms with Crippen molar-refractivity contribution < 1.29 is 14.6 Å². The Kier molecular flexibility index (Phi) is 2.92. The first-order valence-corrected chi connectivity index (χ1v) is 6.41. The van der Waals surface area contributed by atoms with Crippen LogP contribution in [-0.4, -0.2) is 11.1 Å². The lowest BCUT2D eigenvalue weighted by Gasteiger charge is -2.25. The zero-order valence-corrected chi connectivity index (χ0v) is 11.0. The molecular weight excluding hydrogens is 252 g/mol. The van der Waals surface area contributed by atoms with Crippen LogP contribution in [0.3, 0.4) is 0 Å². The Morgan fingerprint density at radius 2 is 1.50 bits per heavy atom. The maximum absolute atomic E-state index is 11.9. The molecule has 2 aromatic rings. The molecule has 0 bridgehead atoms. The summed E-state index contributed by atoms with van der Waals surface area (Å²) in [6, 6.07) is 18.3. The number of ether oxygens (including phenoxy) is 1. The molecule has 20 heavy (non-hydrogen) atoms. The monoisotopic (exact) mass is 266 g/mol. The van der Waals surface area contributed by atoms with Crippen LogP contribution in [0.25, 0.3) is 5.57 Å². The number of hydrogen-bond donors (Lipinski definition) is 1. The second kappa shape index (κ2) is 4.62. The van der Waals surface area contributed by atoms with Crippen molar-refractivity contribution in [3.8, 4) is 0 Å². The van der Waals surface area contributed by atoms with Crippen molar-refractivity contribution >= 4 is 11.5 Å². The first-order valence-electron chi connectivity index (χ1n) is 6.41. The second-order valence-electron chi connectivity index (χ2n) is 4.77. The second-order valence-corrected chi connectivity index (χ2v) is 4.77. The lowest BCUT2D eigenvalue weighted by molar-refractivity contribution is -0.179. The van der Waals surface area contributed by atoms with Crippen molar-refractivity contribution in [1.82, 2.24) is 0 Å². The van der Waals surface area contributed by atoms with Crippen LogP contribution in [0.1, 0.15) is 18.1 Å². The zero-order valence-electron chi connectivity index (χ0n) is 11.0. The molecule has 0 aromatic heterocycles. The molecule has 0 saturated heterocycles. The fraction of sp³-hybridized carbons (Fsp3) is 0.118. The molecule has 0 amide bonds. The van der Waals surface area contributed by atoms with Crippen molar-refractivity contribution in [3.05, 3.63) is 77.4 Å². The third-order valence-corrected chi connectivity index (χ3v) is 3.49. The normalized spacial score (nSPS) is 22.0. The lowest BCUT2D eigenvalue weighted by Crippen LogP contribution is -2.28. The van der Waals surface area contributed by atoms with E-state index >= 15 is 0 Å². The van der Waals surface area contributed by atoms with Crippen molar-refractivity contribution in [2.75, 3.05) is 0 Å². The van der Waals surface area contributed by atoms with E-state index in [1.807, 2.05) is 36.4 Å². The summed E-state index contributed by atoms with van der Waals surface area (Å²) in [6.07, 6.45) is 0. The molecule has 3 rings (SSSR count). The van der Waals surface area contributed by atoms with Gasteiger partial charge in [0.1, 0.15) is 0 Å². The maximum atomic E-state index is 11.9. The number of cyclic esters (lactones) is 1. The molecule has 2 aromatic carbocycles. The molecule has 1 atom stereocenters. The summed E-state index contributed by atoms with van der Waals surface area (Å²) in [4.78, 5) is 11.9. The summed E-state index contributed by atoms with van der Waals surface area (Å²) < 4.78 is 5.26. The number of carbonyl (C=O) groups excluding carboxylic acids is 1. The molecule has 100 valence electrons. The van der Waals surface area contributed by atoms with E-state index in [4.69, 9.17) is 4.74 Å². The highest BCUT2D eigenvalue weighted by Gasteiger charge is 2.46. The first kappa shape index (κ1) is 12.6. The molecule has 1 heterocycles. The van der Waals surface area contributed by atoms with E-state index in [-0.39, 0.29) is 0 Å². The van der Waals surface area contributed by atoms with Crippen LogP contribution in [0.15, 0.2) is 66.2 Å². The van der Waals surface area contributed by atoms with Crippen molar-refractivity contribution in [2.45, 2.75) is 12.7 Å². The number of carbonyl (C=O) groups is 1. The molecule has 1 aliphatic rings. The van der Waals surface area contributed by atoms with Crippen molar-refractivity contribution in [1.29, 1.82) is 0 Å². The SMILES string of the molecule is CC1=C(c2ccccc2)C(O)(c2ccccc2)OC1=O. The largest absolute Gasteiger partial charge is 0.421 e. The third-order valence-electron chi connectivity index (χ3n) is 3.49. The van der Waals surface area contributed by atoms with Crippen LogP contribution < -0.4 is 0 Å². The molecular formula is C17H14O3.